The highest BCUT2D eigenvalue weighted by Gasteiger charge is 2.34. The Morgan fingerprint density at radius 2 is 2.15 bits per heavy atom. The standard InChI is InChI=1S/C12H16ClN5O2/c1-8-10(18(19)20)11(15-12(13)14-8)17-6-5-16-4-2-3-9(16)7-17/h9H,2-7H2,1H3. The van der Waals surface area contributed by atoms with Crippen molar-refractivity contribution in [2.45, 2.75) is 25.8 Å². The van der Waals surface area contributed by atoms with E-state index in [1.165, 1.54) is 6.42 Å². The van der Waals surface area contributed by atoms with Gasteiger partial charge in [-0.3, -0.25) is 15.0 Å². The first-order chi connectivity index (χ1) is 9.56. The summed E-state index contributed by atoms with van der Waals surface area (Å²) in [6, 6.07) is 0.470. The van der Waals surface area contributed by atoms with E-state index in [4.69, 9.17) is 11.6 Å². The summed E-state index contributed by atoms with van der Waals surface area (Å²) in [5.41, 5.74) is 0.291. The van der Waals surface area contributed by atoms with E-state index in [1.54, 1.807) is 6.92 Å². The molecule has 1 unspecified atom stereocenters. The van der Waals surface area contributed by atoms with Gasteiger partial charge in [0.25, 0.3) is 0 Å². The van der Waals surface area contributed by atoms with Crippen molar-refractivity contribution >= 4 is 23.1 Å². The Hall–Kier alpha value is -1.47. The molecule has 0 bridgehead atoms. The van der Waals surface area contributed by atoms with E-state index in [2.05, 4.69) is 14.9 Å². The lowest BCUT2D eigenvalue weighted by atomic mass is 10.1. The highest BCUT2D eigenvalue weighted by molar-refractivity contribution is 6.28. The van der Waals surface area contributed by atoms with Crippen LogP contribution in [-0.2, 0) is 0 Å². The number of rotatable bonds is 2. The molecule has 2 fully saturated rings. The van der Waals surface area contributed by atoms with Crippen LogP contribution in [0, 0.1) is 17.0 Å². The predicted octanol–water partition coefficient (Wildman–Crippen LogP) is 1.63. The van der Waals surface area contributed by atoms with Crippen LogP contribution in [0.1, 0.15) is 18.5 Å². The number of hydrogen-bond acceptors (Lipinski definition) is 6. The summed E-state index contributed by atoms with van der Waals surface area (Å²) >= 11 is 5.88. The largest absolute Gasteiger partial charge is 0.348 e. The molecule has 0 N–H and O–H groups in total. The van der Waals surface area contributed by atoms with E-state index in [-0.39, 0.29) is 11.0 Å². The summed E-state index contributed by atoms with van der Waals surface area (Å²) in [5, 5.41) is 11.3. The van der Waals surface area contributed by atoms with Gasteiger partial charge in [-0.2, -0.15) is 4.98 Å². The first-order valence-electron chi connectivity index (χ1n) is 6.74. The van der Waals surface area contributed by atoms with Gasteiger partial charge in [-0.25, -0.2) is 4.98 Å². The summed E-state index contributed by atoms with van der Waals surface area (Å²) < 4.78 is 0. The molecule has 2 saturated heterocycles. The molecule has 2 aliphatic heterocycles. The lowest BCUT2D eigenvalue weighted by molar-refractivity contribution is -0.385. The number of nitrogens with zero attached hydrogens (tertiary/aromatic N) is 5. The summed E-state index contributed by atoms with van der Waals surface area (Å²) in [7, 11) is 0. The Labute approximate surface area is 121 Å². The zero-order chi connectivity index (χ0) is 14.3. The van der Waals surface area contributed by atoms with Crippen LogP contribution in [0.2, 0.25) is 5.28 Å². The lowest BCUT2D eigenvalue weighted by Gasteiger charge is -2.37. The predicted molar refractivity (Wildman–Crippen MR) is 75.2 cm³/mol. The van der Waals surface area contributed by atoms with Crippen molar-refractivity contribution in [1.29, 1.82) is 0 Å². The molecule has 1 aromatic rings. The molecule has 3 rings (SSSR count). The third-order valence-corrected chi connectivity index (χ3v) is 4.25. The Balaban J connectivity index is 1.95. The monoisotopic (exact) mass is 297 g/mol. The molecular formula is C12H16ClN5O2. The van der Waals surface area contributed by atoms with E-state index in [9.17, 15) is 10.1 Å². The lowest BCUT2D eigenvalue weighted by Crippen LogP contribution is -2.50. The second kappa shape index (κ2) is 5.14. The van der Waals surface area contributed by atoms with Gasteiger partial charge in [-0.05, 0) is 37.9 Å². The van der Waals surface area contributed by atoms with Crippen LogP contribution in [-0.4, -0.2) is 52.0 Å². The van der Waals surface area contributed by atoms with Gasteiger partial charge in [0.15, 0.2) is 0 Å². The zero-order valence-corrected chi connectivity index (χ0v) is 12.0. The van der Waals surface area contributed by atoms with Crippen LogP contribution >= 0.6 is 11.6 Å². The van der Waals surface area contributed by atoms with Gasteiger partial charge < -0.3 is 4.90 Å². The zero-order valence-electron chi connectivity index (χ0n) is 11.3. The van der Waals surface area contributed by atoms with E-state index in [0.29, 0.717) is 17.6 Å². The van der Waals surface area contributed by atoms with E-state index >= 15 is 0 Å². The van der Waals surface area contributed by atoms with Crippen LogP contribution < -0.4 is 4.90 Å². The summed E-state index contributed by atoms with van der Waals surface area (Å²) in [4.78, 5) is 23.3. The van der Waals surface area contributed by atoms with Gasteiger partial charge in [-0.1, -0.05) is 0 Å². The summed E-state index contributed by atoms with van der Waals surface area (Å²) in [5.74, 6) is 0.360. The molecule has 108 valence electrons. The number of aromatic nitrogens is 2. The van der Waals surface area contributed by atoms with E-state index in [1.807, 2.05) is 4.90 Å². The van der Waals surface area contributed by atoms with Crippen molar-refractivity contribution in [1.82, 2.24) is 14.9 Å². The van der Waals surface area contributed by atoms with Crippen molar-refractivity contribution in [2.24, 2.45) is 0 Å². The molecule has 7 nitrogen and oxygen atoms in total. The average molecular weight is 298 g/mol. The number of piperazine rings is 1. The normalized spacial score (nSPS) is 22.9. The molecule has 3 heterocycles. The molecule has 1 aromatic heterocycles. The van der Waals surface area contributed by atoms with Gasteiger partial charge in [0, 0.05) is 25.7 Å². The molecule has 2 aliphatic rings. The highest BCUT2D eigenvalue weighted by atomic mass is 35.5. The number of nitro groups is 1. The maximum Gasteiger partial charge on any atom is 0.332 e. The molecule has 0 aromatic carbocycles. The van der Waals surface area contributed by atoms with Crippen molar-refractivity contribution in [3.63, 3.8) is 0 Å². The quantitative estimate of drug-likeness (QED) is 0.469. The third-order valence-electron chi connectivity index (χ3n) is 4.08. The maximum absolute atomic E-state index is 11.3. The number of aryl methyl sites for hydroxylation is 1. The third kappa shape index (κ3) is 2.31. The second-order valence-electron chi connectivity index (χ2n) is 5.29. The van der Waals surface area contributed by atoms with Crippen molar-refractivity contribution < 1.29 is 4.92 Å². The van der Waals surface area contributed by atoms with Gasteiger partial charge >= 0.3 is 5.69 Å². The van der Waals surface area contributed by atoms with Gasteiger partial charge in [0.05, 0.1) is 4.92 Å². The highest BCUT2D eigenvalue weighted by Crippen LogP contribution is 2.32. The Morgan fingerprint density at radius 3 is 2.90 bits per heavy atom. The number of halogens is 1. The number of hydrogen-bond donors (Lipinski definition) is 0. The van der Waals surface area contributed by atoms with Gasteiger partial charge in [0.1, 0.15) is 5.69 Å². The molecule has 0 amide bonds. The fourth-order valence-electron chi connectivity index (χ4n) is 3.14. The minimum absolute atomic E-state index is 0.0270. The molecular weight excluding hydrogens is 282 g/mol. The van der Waals surface area contributed by atoms with Crippen LogP contribution in [0.15, 0.2) is 0 Å². The average Bonchev–Trinajstić information content (AvgIpc) is 2.84. The minimum Gasteiger partial charge on any atom is -0.348 e. The van der Waals surface area contributed by atoms with Crippen LogP contribution in [0.25, 0.3) is 0 Å². The van der Waals surface area contributed by atoms with Crippen LogP contribution in [0.4, 0.5) is 11.5 Å². The molecule has 0 spiro atoms. The molecule has 20 heavy (non-hydrogen) atoms. The molecule has 0 radical (unpaired) electrons. The van der Waals surface area contributed by atoms with Gasteiger partial charge in [0.2, 0.25) is 11.1 Å². The molecule has 8 heteroatoms. The number of fused-ring (bicyclic) bond motifs is 1. The van der Waals surface area contributed by atoms with E-state index in [0.717, 1.165) is 32.6 Å². The second-order valence-corrected chi connectivity index (χ2v) is 5.62. The SMILES string of the molecule is Cc1nc(Cl)nc(N2CCN3CCCC3C2)c1[N+](=O)[O-]. The smallest absolute Gasteiger partial charge is 0.332 e. The Morgan fingerprint density at radius 1 is 1.35 bits per heavy atom. The minimum atomic E-state index is -0.415. The summed E-state index contributed by atoms with van der Waals surface area (Å²) in [6.45, 7) is 5.16. The first kappa shape index (κ1) is 13.5. The van der Waals surface area contributed by atoms with Gasteiger partial charge in [-0.15, -0.1) is 0 Å². The van der Waals surface area contributed by atoms with Crippen LogP contribution in [0.5, 0.6) is 0 Å². The van der Waals surface area contributed by atoms with Crippen molar-refractivity contribution in [3.8, 4) is 0 Å². The van der Waals surface area contributed by atoms with Crippen LogP contribution in [0.3, 0.4) is 0 Å². The van der Waals surface area contributed by atoms with Crippen molar-refractivity contribution in [2.75, 3.05) is 31.1 Å². The molecule has 0 aliphatic carbocycles. The Kier molecular flexibility index (Phi) is 3.47. The fraction of sp³-hybridized carbons (Fsp3) is 0.667. The van der Waals surface area contributed by atoms with Crippen molar-refractivity contribution in [3.05, 3.63) is 21.1 Å². The van der Waals surface area contributed by atoms with E-state index < -0.39 is 4.92 Å². The topological polar surface area (TPSA) is 75.4 Å². The maximum atomic E-state index is 11.3. The number of anilines is 1. The first-order valence-corrected chi connectivity index (χ1v) is 7.11. The molecule has 0 saturated carbocycles. The molecule has 1 atom stereocenters. The summed E-state index contributed by atoms with van der Waals surface area (Å²) in [6.07, 6.45) is 2.34. The Bertz CT molecular complexity index is 553. The fourth-order valence-corrected chi connectivity index (χ4v) is 3.34.